The van der Waals surface area contributed by atoms with E-state index in [0.717, 1.165) is 24.9 Å². The van der Waals surface area contributed by atoms with Gasteiger partial charge in [-0.25, -0.2) is 0 Å². The molecule has 2 rings (SSSR count). The van der Waals surface area contributed by atoms with Gasteiger partial charge in [0, 0.05) is 31.8 Å². The van der Waals surface area contributed by atoms with Crippen LogP contribution in [0, 0.1) is 5.92 Å². The Labute approximate surface area is 107 Å². The topological polar surface area (TPSA) is 66.6 Å². The maximum atomic E-state index is 12.3. The number of carbonyl (C=O) groups excluding carboxylic acids is 1. The van der Waals surface area contributed by atoms with E-state index >= 15 is 0 Å². The highest BCUT2D eigenvalue weighted by atomic mass is 16.3. The largest absolute Gasteiger partial charge is 0.396 e. The zero-order valence-corrected chi connectivity index (χ0v) is 10.5. The molecule has 1 aliphatic heterocycles. The van der Waals surface area contributed by atoms with E-state index in [1.807, 2.05) is 29.2 Å². The molecule has 1 saturated heterocycles. The first-order valence-corrected chi connectivity index (χ1v) is 6.43. The van der Waals surface area contributed by atoms with Crippen LogP contribution in [0.15, 0.2) is 24.3 Å². The molecule has 1 fully saturated rings. The summed E-state index contributed by atoms with van der Waals surface area (Å²) in [6.07, 6.45) is 1.98. The predicted molar refractivity (Wildman–Crippen MR) is 70.0 cm³/mol. The third kappa shape index (κ3) is 2.89. The van der Waals surface area contributed by atoms with Crippen molar-refractivity contribution >= 4 is 5.91 Å². The summed E-state index contributed by atoms with van der Waals surface area (Å²) < 4.78 is 0. The van der Waals surface area contributed by atoms with E-state index < -0.39 is 0 Å². The lowest BCUT2D eigenvalue weighted by molar-refractivity contribution is 0.0620. The minimum Gasteiger partial charge on any atom is -0.396 e. The number of hydrogen-bond acceptors (Lipinski definition) is 3. The number of hydrogen-bond donors (Lipinski definition) is 2. The van der Waals surface area contributed by atoms with E-state index in [2.05, 4.69) is 0 Å². The van der Waals surface area contributed by atoms with Crippen LogP contribution < -0.4 is 5.73 Å². The van der Waals surface area contributed by atoms with Gasteiger partial charge in [-0.05, 0) is 36.5 Å². The van der Waals surface area contributed by atoms with Gasteiger partial charge >= 0.3 is 0 Å². The molecule has 1 aliphatic rings. The Hall–Kier alpha value is -1.39. The molecular formula is C14H20N2O2. The van der Waals surface area contributed by atoms with Crippen molar-refractivity contribution in [1.82, 2.24) is 4.90 Å². The van der Waals surface area contributed by atoms with Crippen molar-refractivity contribution in [2.45, 2.75) is 19.4 Å². The standard InChI is InChI=1S/C14H20N2O2/c15-8-11-3-5-13(6-4-11)14(18)16-7-1-2-12(9-16)10-17/h3-6,12,17H,1-2,7-10,15H2. The van der Waals surface area contributed by atoms with Crippen LogP contribution in [0.4, 0.5) is 0 Å². The van der Waals surface area contributed by atoms with Crippen LogP contribution in [0.3, 0.4) is 0 Å². The van der Waals surface area contributed by atoms with E-state index in [9.17, 15) is 9.90 Å². The molecule has 0 saturated carbocycles. The van der Waals surface area contributed by atoms with Crippen LogP contribution in [-0.4, -0.2) is 35.6 Å². The summed E-state index contributed by atoms with van der Waals surface area (Å²) >= 11 is 0. The molecule has 0 bridgehead atoms. The highest BCUT2D eigenvalue weighted by Crippen LogP contribution is 2.18. The second-order valence-electron chi connectivity index (χ2n) is 4.84. The number of benzene rings is 1. The van der Waals surface area contributed by atoms with Crippen molar-refractivity contribution in [2.75, 3.05) is 19.7 Å². The lowest BCUT2D eigenvalue weighted by Gasteiger charge is -2.31. The summed E-state index contributed by atoms with van der Waals surface area (Å²) in [7, 11) is 0. The van der Waals surface area contributed by atoms with E-state index in [0.29, 0.717) is 18.7 Å². The summed E-state index contributed by atoms with van der Waals surface area (Å²) in [5.41, 5.74) is 7.26. The summed E-state index contributed by atoms with van der Waals surface area (Å²) in [6, 6.07) is 7.43. The first-order chi connectivity index (χ1) is 8.74. The maximum absolute atomic E-state index is 12.3. The Morgan fingerprint density at radius 3 is 2.72 bits per heavy atom. The molecule has 4 heteroatoms. The van der Waals surface area contributed by atoms with E-state index in [4.69, 9.17) is 5.73 Å². The molecular weight excluding hydrogens is 228 g/mol. The first kappa shape index (κ1) is 13.1. The van der Waals surface area contributed by atoms with Gasteiger partial charge in [-0.1, -0.05) is 12.1 Å². The Kier molecular flexibility index (Phi) is 4.33. The van der Waals surface area contributed by atoms with E-state index in [-0.39, 0.29) is 18.4 Å². The highest BCUT2D eigenvalue weighted by Gasteiger charge is 2.23. The van der Waals surface area contributed by atoms with Crippen molar-refractivity contribution in [3.8, 4) is 0 Å². The van der Waals surface area contributed by atoms with Gasteiger partial charge in [-0.15, -0.1) is 0 Å². The Balaban J connectivity index is 2.05. The second kappa shape index (κ2) is 5.98. The molecule has 3 N–H and O–H groups in total. The minimum atomic E-state index is 0.0525. The molecule has 18 heavy (non-hydrogen) atoms. The molecule has 0 spiro atoms. The lowest BCUT2D eigenvalue weighted by Crippen LogP contribution is -2.40. The summed E-state index contributed by atoms with van der Waals surface area (Å²) in [4.78, 5) is 14.1. The smallest absolute Gasteiger partial charge is 0.253 e. The van der Waals surface area contributed by atoms with Crippen molar-refractivity contribution < 1.29 is 9.90 Å². The SMILES string of the molecule is NCc1ccc(C(=O)N2CCCC(CO)C2)cc1. The lowest BCUT2D eigenvalue weighted by atomic mass is 9.98. The molecule has 0 aliphatic carbocycles. The molecule has 0 radical (unpaired) electrons. The van der Waals surface area contributed by atoms with Gasteiger partial charge in [0.1, 0.15) is 0 Å². The second-order valence-corrected chi connectivity index (χ2v) is 4.84. The molecule has 1 aromatic rings. The van der Waals surface area contributed by atoms with Crippen molar-refractivity contribution in [1.29, 1.82) is 0 Å². The van der Waals surface area contributed by atoms with Gasteiger partial charge in [-0.3, -0.25) is 4.79 Å². The Morgan fingerprint density at radius 1 is 1.39 bits per heavy atom. The Morgan fingerprint density at radius 2 is 2.11 bits per heavy atom. The third-order valence-electron chi connectivity index (χ3n) is 3.50. The average molecular weight is 248 g/mol. The number of nitrogens with two attached hydrogens (primary N) is 1. The monoisotopic (exact) mass is 248 g/mol. The fourth-order valence-electron chi connectivity index (χ4n) is 2.36. The zero-order valence-electron chi connectivity index (χ0n) is 10.5. The predicted octanol–water partition coefficient (Wildman–Crippen LogP) is 0.990. The quantitative estimate of drug-likeness (QED) is 0.838. The fourth-order valence-corrected chi connectivity index (χ4v) is 2.36. The number of aliphatic hydroxyl groups excluding tert-OH is 1. The average Bonchev–Trinajstić information content (AvgIpc) is 2.46. The van der Waals surface area contributed by atoms with Crippen molar-refractivity contribution in [3.63, 3.8) is 0 Å². The number of likely N-dealkylation sites (tertiary alicyclic amines) is 1. The minimum absolute atomic E-state index is 0.0525. The summed E-state index contributed by atoms with van der Waals surface area (Å²) in [5, 5.41) is 9.18. The molecule has 1 unspecified atom stereocenters. The molecule has 1 atom stereocenters. The number of piperidine rings is 1. The summed E-state index contributed by atoms with van der Waals surface area (Å²) in [5.74, 6) is 0.280. The summed E-state index contributed by atoms with van der Waals surface area (Å²) in [6.45, 7) is 2.10. The number of amides is 1. The number of carbonyl (C=O) groups is 1. The van der Waals surface area contributed by atoms with Crippen LogP contribution in [0.2, 0.25) is 0 Å². The molecule has 1 amide bonds. The Bertz CT molecular complexity index is 403. The molecule has 1 heterocycles. The van der Waals surface area contributed by atoms with Crippen LogP contribution in [0.5, 0.6) is 0 Å². The van der Waals surface area contributed by atoms with Crippen LogP contribution in [0.1, 0.15) is 28.8 Å². The van der Waals surface area contributed by atoms with Gasteiger partial charge in [0.15, 0.2) is 0 Å². The van der Waals surface area contributed by atoms with Gasteiger partial charge in [0.25, 0.3) is 5.91 Å². The number of rotatable bonds is 3. The fraction of sp³-hybridized carbons (Fsp3) is 0.500. The normalized spacial score (nSPS) is 19.9. The third-order valence-corrected chi connectivity index (χ3v) is 3.50. The molecule has 0 aromatic heterocycles. The van der Waals surface area contributed by atoms with E-state index in [1.54, 1.807) is 0 Å². The molecule has 4 nitrogen and oxygen atoms in total. The van der Waals surface area contributed by atoms with Crippen molar-refractivity contribution in [3.05, 3.63) is 35.4 Å². The van der Waals surface area contributed by atoms with Crippen LogP contribution in [0.25, 0.3) is 0 Å². The van der Waals surface area contributed by atoms with Gasteiger partial charge in [0.05, 0.1) is 0 Å². The maximum Gasteiger partial charge on any atom is 0.253 e. The highest BCUT2D eigenvalue weighted by molar-refractivity contribution is 5.94. The van der Waals surface area contributed by atoms with E-state index in [1.165, 1.54) is 0 Å². The number of aliphatic hydroxyl groups is 1. The molecule has 1 aromatic carbocycles. The van der Waals surface area contributed by atoms with Crippen LogP contribution in [-0.2, 0) is 6.54 Å². The first-order valence-electron chi connectivity index (χ1n) is 6.43. The van der Waals surface area contributed by atoms with Gasteiger partial charge in [-0.2, -0.15) is 0 Å². The van der Waals surface area contributed by atoms with Gasteiger partial charge < -0.3 is 15.7 Å². The van der Waals surface area contributed by atoms with Gasteiger partial charge in [0.2, 0.25) is 0 Å². The van der Waals surface area contributed by atoms with Crippen LogP contribution >= 0.6 is 0 Å². The zero-order chi connectivity index (χ0) is 13.0. The van der Waals surface area contributed by atoms with Crippen molar-refractivity contribution in [2.24, 2.45) is 11.7 Å². The molecule has 98 valence electrons. The number of nitrogens with zero attached hydrogens (tertiary/aromatic N) is 1.